The van der Waals surface area contributed by atoms with Crippen LogP contribution < -0.4 is 10.6 Å². The summed E-state index contributed by atoms with van der Waals surface area (Å²) in [6, 6.07) is 8.44. The minimum atomic E-state index is -3.57. The van der Waals surface area contributed by atoms with Gasteiger partial charge in [0.1, 0.15) is 4.21 Å². The zero-order valence-electron chi connectivity index (χ0n) is 15.8. The van der Waals surface area contributed by atoms with Crippen molar-refractivity contribution in [3.05, 3.63) is 46.8 Å². The van der Waals surface area contributed by atoms with E-state index in [0.29, 0.717) is 22.9 Å². The number of carbonyl (C=O) groups excluding carboxylic acids is 2. The average molecular weight is 422 g/mol. The molecule has 0 unspecified atom stereocenters. The summed E-state index contributed by atoms with van der Waals surface area (Å²) in [6.45, 7) is 4.31. The van der Waals surface area contributed by atoms with Crippen molar-refractivity contribution in [2.45, 2.75) is 36.9 Å². The van der Waals surface area contributed by atoms with E-state index < -0.39 is 21.8 Å². The average Bonchev–Trinajstić information content (AvgIpc) is 3.34. The molecule has 1 aromatic carbocycles. The molecule has 0 saturated carbocycles. The Kier molecular flexibility index (Phi) is 6.17. The zero-order chi connectivity index (χ0) is 20.3. The van der Waals surface area contributed by atoms with E-state index in [4.69, 9.17) is 0 Å². The fraction of sp³-hybridized carbons (Fsp3) is 0.368. The third-order valence-electron chi connectivity index (χ3n) is 4.72. The van der Waals surface area contributed by atoms with E-state index >= 15 is 0 Å². The van der Waals surface area contributed by atoms with Crippen molar-refractivity contribution in [2.24, 2.45) is 0 Å². The molecule has 1 atom stereocenters. The van der Waals surface area contributed by atoms with Gasteiger partial charge in [-0.05, 0) is 49.8 Å². The third kappa shape index (κ3) is 4.43. The van der Waals surface area contributed by atoms with Crippen LogP contribution in [0.1, 0.15) is 24.0 Å². The predicted octanol–water partition coefficient (Wildman–Crippen LogP) is 2.27. The lowest BCUT2D eigenvalue weighted by molar-refractivity contribution is -0.136. The molecule has 3 rings (SSSR count). The lowest BCUT2D eigenvalue weighted by atomic mass is 10.1. The Bertz CT molecular complexity index is 971. The molecule has 1 aliphatic rings. The van der Waals surface area contributed by atoms with Crippen LogP contribution >= 0.6 is 11.3 Å². The van der Waals surface area contributed by atoms with Gasteiger partial charge >= 0.3 is 11.8 Å². The number of thiophene rings is 1. The van der Waals surface area contributed by atoms with Crippen LogP contribution in [-0.2, 0) is 19.6 Å². The van der Waals surface area contributed by atoms with Crippen LogP contribution in [0.15, 0.2) is 39.9 Å². The van der Waals surface area contributed by atoms with Gasteiger partial charge in [-0.25, -0.2) is 8.42 Å². The van der Waals surface area contributed by atoms with Crippen LogP contribution in [0.2, 0.25) is 0 Å². The summed E-state index contributed by atoms with van der Waals surface area (Å²) in [5, 5.41) is 6.88. The molecule has 0 aliphatic carbocycles. The summed E-state index contributed by atoms with van der Waals surface area (Å²) in [4.78, 5) is 24.3. The number of anilines is 1. The second kappa shape index (κ2) is 8.42. The maximum atomic E-state index is 12.7. The number of amides is 2. The summed E-state index contributed by atoms with van der Waals surface area (Å²) >= 11 is 1.17. The fourth-order valence-electron chi connectivity index (χ4n) is 3.28. The Morgan fingerprint density at radius 3 is 2.68 bits per heavy atom. The maximum absolute atomic E-state index is 12.7. The number of hydrogen-bond donors (Lipinski definition) is 2. The van der Waals surface area contributed by atoms with E-state index in [1.54, 1.807) is 23.6 Å². The molecule has 7 nitrogen and oxygen atoms in total. The first-order chi connectivity index (χ1) is 13.3. The highest BCUT2D eigenvalue weighted by atomic mass is 32.2. The van der Waals surface area contributed by atoms with E-state index in [2.05, 4.69) is 10.6 Å². The number of nitrogens with one attached hydrogen (secondary N) is 2. The van der Waals surface area contributed by atoms with Crippen molar-refractivity contribution in [1.29, 1.82) is 0 Å². The summed E-state index contributed by atoms with van der Waals surface area (Å²) in [5.74, 6) is -1.54. The number of nitrogens with zero attached hydrogens (tertiary/aromatic N) is 1. The molecule has 0 bridgehead atoms. The Hall–Kier alpha value is -2.23. The summed E-state index contributed by atoms with van der Waals surface area (Å²) in [7, 11) is -3.57. The molecular weight excluding hydrogens is 398 g/mol. The first-order valence-corrected chi connectivity index (χ1v) is 11.3. The van der Waals surface area contributed by atoms with E-state index in [1.165, 1.54) is 15.6 Å². The molecular formula is C19H23N3O4S2. The van der Waals surface area contributed by atoms with Gasteiger partial charge in [0.15, 0.2) is 0 Å². The number of rotatable bonds is 5. The molecule has 2 amide bonds. The Morgan fingerprint density at radius 1 is 1.21 bits per heavy atom. The van der Waals surface area contributed by atoms with Crippen molar-refractivity contribution >= 4 is 38.9 Å². The molecule has 1 aliphatic heterocycles. The molecule has 150 valence electrons. The topological polar surface area (TPSA) is 95.6 Å². The lowest BCUT2D eigenvalue weighted by Gasteiger charge is -2.23. The largest absolute Gasteiger partial charge is 0.346 e. The van der Waals surface area contributed by atoms with Gasteiger partial charge in [-0.2, -0.15) is 4.31 Å². The van der Waals surface area contributed by atoms with Crippen LogP contribution in [0.25, 0.3) is 0 Å². The predicted molar refractivity (Wildman–Crippen MR) is 109 cm³/mol. The summed E-state index contributed by atoms with van der Waals surface area (Å²) in [6.07, 6.45) is 1.36. The van der Waals surface area contributed by atoms with E-state index in [9.17, 15) is 18.0 Å². The molecule has 9 heteroatoms. The van der Waals surface area contributed by atoms with Gasteiger partial charge in [0.05, 0.1) is 0 Å². The number of aryl methyl sites for hydroxylation is 2. The number of carbonyl (C=O) groups is 2. The van der Waals surface area contributed by atoms with Crippen LogP contribution in [0, 0.1) is 13.8 Å². The van der Waals surface area contributed by atoms with Crippen molar-refractivity contribution in [3.8, 4) is 0 Å². The molecule has 1 fully saturated rings. The number of hydrogen-bond acceptors (Lipinski definition) is 5. The first-order valence-electron chi connectivity index (χ1n) is 9.01. The Balaban J connectivity index is 1.59. The molecule has 28 heavy (non-hydrogen) atoms. The van der Waals surface area contributed by atoms with Crippen LogP contribution in [0.5, 0.6) is 0 Å². The highest BCUT2D eigenvalue weighted by Crippen LogP contribution is 2.28. The molecule has 1 aromatic heterocycles. The van der Waals surface area contributed by atoms with Crippen LogP contribution in [0.3, 0.4) is 0 Å². The van der Waals surface area contributed by atoms with Gasteiger partial charge < -0.3 is 10.6 Å². The van der Waals surface area contributed by atoms with E-state index in [1.807, 2.05) is 26.0 Å². The van der Waals surface area contributed by atoms with Gasteiger partial charge in [-0.1, -0.05) is 23.8 Å². The molecule has 1 saturated heterocycles. The van der Waals surface area contributed by atoms with Crippen molar-refractivity contribution < 1.29 is 18.0 Å². The molecule has 0 radical (unpaired) electrons. The van der Waals surface area contributed by atoms with Gasteiger partial charge in [0.2, 0.25) is 0 Å². The quantitative estimate of drug-likeness (QED) is 0.724. The number of benzene rings is 1. The Labute approximate surface area is 168 Å². The number of sulfonamides is 1. The standard InChI is InChI=1S/C19H23N3O4S2/c1-13-7-8-16(14(2)11-13)21-19(24)18(23)20-12-15-5-3-9-22(15)28(25,26)17-6-4-10-27-17/h4,6-8,10-11,15H,3,5,9,12H2,1-2H3,(H,20,23)(H,21,24)/t15-/m1/s1. The highest BCUT2D eigenvalue weighted by molar-refractivity contribution is 7.91. The van der Waals surface area contributed by atoms with Crippen LogP contribution in [0.4, 0.5) is 5.69 Å². The van der Waals surface area contributed by atoms with Gasteiger partial charge in [-0.15, -0.1) is 11.3 Å². The van der Waals surface area contributed by atoms with Gasteiger partial charge in [-0.3, -0.25) is 9.59 Å². The SMILES string of the molecule is Cc1ccc(NC(=O)C(=O)NC[C@H]2CCCN2S(=O)(=O)c2cccs2)c(C)c1. The monoisotopic (exact) mass is 421 g/mol. The van der Waals surface area contributed by atoms with E-state index in [0.717, 1.165) is 17.5 Å². The van der Waals surface area contributed by atoms with Crippen molar-refractivity contribution in [2.75, 3.05) is 18.4 Å². The zero-order valence-corrected chi connectivity index (χ0v) is 17.4. The second-order valence-corrected chi connectivity index (χ2v) is 9.89. The summed E-state index contributed by atoms with van der Waals surface area (Å²) in [5.41, 5.74) is 2.51. The second-order valence-electron chi connectivity index (χ2n) is 6.83. The van der Waals surface area contributed by atoms with Crippen molar-refractivity contribution in [3.63, 3.8) is 0 Å². The maximum Gasteiger partial charge on any atom is 0.313 e. The highest BCUT2D eigenvalue weighted by Gasteiger charge is 2.36. The minimum absolute atomic E-state index is 0.101. The summed E-state index contributed by atoms with van der Waals surface area (Å²) < 4.78 is 27.2. The lowest BCUT2D eigenvalue weighted by Crippen LogP contribution is -2.45. The van der Waals surface area contributed by atoms with Gasteiger partial charge in [0.25, 0.3) is 10.0 Å². The first kappa shape index (κ1) is 20.5. The van der Waals surface area contributed by atoms with Gasteiger partial charge in [0, 0.05) is 24.8 Å². The van der Waals surface area contributed by atoms with Crippen LogP contribution in [-0.4, -0.2) is 43.7 Å². The third-order valence-corrected chi connectivity index (χ3v) is 8.04. The van der Waals surface area contributed by atoms with E-state index in [-0.39, 0.29) is 12.6 Å². The smallest absolute Gasteiger partial charge is 0.313 e. The van der Waals surface area contributed by atoms with Crippen molar-refractivity contribution in [1.82, 2.24) is 9.62 Å². The molecule has 2 N–H and O–H groups in total. The normalized spacial score (nSPS) is 17.4. The Morgan fingerprint density at radius 2 is 2.00 bits per heavy atom. The molecule has 2 heterocycles. The minimum Gasteiger partial charge on any atom is -0.346 e. The molecule has 0 spiro atoms. The molecule has 2 aromatic rings. The fourth-order valence-corrected chi connectivity index (χ4v) is 6.09.